The van der Waals surface area contributed by atoms with Gasteiger partial charge in [-0.05, 0) is 49.2 Å². The van der Waals surface area contributed by atoms with E-state index in [2.05, 4.69) is 22.0 Å². The summed E-state index contributed by atoms with van der Waals surface area (Å²) in [6, 6.07) is 10.8. The standard InChI is InChI=1S/C22H18BrF3N2O3S/c23-16-6-7-20-19(11-16)28(13-17(31-20)12-21(14-27)8-1-2-9-21)32(29,30)18-5-3-4-15(10-18)22(24,25)26/h1-7,10-11,17H,8-9,12-13H2. The van der Waals surface area contributed by atoms with Gasteiger partial charge in [0.25, 0.3) is 10.0 Å². The molecule has 0 amide bonds. The molecule has 1 aliphatic heterocycles. The molecule has 0 aromatic heterocycles. The summed E-state index contributed by atoms with van der Waals surface area (Å²) < 4.78 is 74.2. The van der Waals surface area contributed by atoms with Crippen LogP contribution in [0.15, 0.2) is 64.0 Å². The highest BCUT2D eigenvalue weighted by Crippen LogP contribution is 2.44. The number of nitrogens with zero attached hydrogens (tertiary/aromatic N) is 2. The Bertz CT molecular complexity index is 1210. The third-order valence-corrected chi connectivity index (χ3v) is 7.91. The van der Waals surface area contributed by atoms with Gasteiger partial charge in [-0.1, -0.05) is 34.1 Å². The quantitative estimate of drug-likeness (QED) is 0.481. The molecule has 0 bridgehead atoms. The van der Waals surface area contributed by atoms with Gasteiger partial charge in [-0.3, -0.25) is 4.31 Å². The zero-order chi connectivity index (χ0) is 23.1. The first-order chi connectivity index (χ1) is 15.0. The van der Waals surface area contributed by atoms with E-state index in [1.165, 1.54) is 0 Å². The predicted molar refractivity (Wildman–Crippen MR) is 116 cm³/mol. The number of sulfonamides is 1. The van der Waals surface area contributed by atoms with Crippen molar-refractivity contribution in [1.82, 2.24) is 0 Å². The summed E-state index contributed by atoms with van der Waals surface area (Å²) in [5.74, 6) is 0.291. The van der Waals surface area contributed by atoms with Crippen molar-refractivity contribution in [2.75, 3.05) is 10.8 Å². The van der Waals surface area contributed by atoms with Gasteiger partial charge in [0.05, 0.1) is 34.2 Å². The van der Waals surface area contributed by atoms with Gasteiger partial charge < -0.3 is 4.74 Å². The van der Waals surface area contributed by atoms with E-state index in [0.29, 0.717) is 35.6 Å². The summed E-state index contributed by atoms with van der Waals surface area (Å²) in [5.41, 5.74) is -1.51. The monoisotopic (exact) mass is 526 g/mol. The number of fused-ring (bicyclic) bond motifs is 1. The molecule has 1 heterocycles. The number of anilines is 1. The molecule has 1 unspecified atom stereocenters. The van der Waals surface area contributed by atoms with Gasteiger partial charge in [-0.25, -0.2) is 8.42 Å². The number of alkyl halides is 3. The zero-order valence-electron chi connectivity index (χ0n) is 16.6. The summed E-state index contributed by atoms with van der Waals surface area (Å²) in [4.78, 5) is -0.462. The van der Waals surface area contributed by atoms with Crippen LogP contribution < -0.4 is 9.04 Å². The van der Waals surface area contributed by atoms with Crippen LogP contribution in [0.3, 0.4) is 0 Å². The second kappa shape index (κ2) is 8.12. The Morgan fingerprint density at radius 2 is 1.91 bits per heavy atom. The fourth-order valence-corrected chi connectivity index (χ4v) is 5.91. The number of benzene rings is 2. The van der Waals surface area contributed by atoms with Crippen molar-refractivity contribution in [2.45, 2.75) is 36.4 Å². The van der Waals surface area contributed by atoms with Gasteiger partial charge >= 0.3 is 6.18 Å². The summed E-state index contributed by atoms with van der Waals surface area (Å²) in [5, 5.41) is 9.70. The van der Waals surface area contributed by atoms with Crippen molar-refractivity contribution in [1.29, 1.82) is 5.26 Å². The van der Waals surface area contributed by atoms with Crippen molar-refractivity contribution in [3.8, 4) is 11.8 Å². The van der Waals surface area contributed by atoms with Crippen LogP contribution in [0.5, 0.6) is 5.75 Å². The second-order valence-electron chi connectivity index (χ2n) is 7.89. The fraction of sp³-hybridized carbons (Fsp3) is 0.318. The van der Waals surface area contributed by atoms with Gasteiger partial charge in [0.2, 0.25) is 0 Å². The predicted octanol–water partition coefficient (Wildman–Crippen LogP) is 5.67. The third kappa shape index (κ3) is 4.24. The largest absolute Gasteiger partial charge is 0.486 e. The van der Waals surface area contributed by atoms with Crippen molar-refractivity contribution >= 4 is 31.6 Å². The van der Waals surface area contributed by atoms with Crippen LogP contribution >= 0.6 is 15.9 Å². The molecule has 1 atom stereocenters. The van der Waals surface area contributed by atoms with E-state index in [1.54, 1.807) is 18.2 Å². The molecule has 0 saturated heterocycles. The molecule has 2 aromatic rings. The molecule has 168 valence electrons. The Hall–Kier alpha value is -2.51. The number of hydrogen-bond donors (Lipinski definition) is 0. The molecular formula is C22H18BrF3N2O3S. The van der Waals surface area contributed by atoms with Crippen LogP contribution in [0.2, 0.25) is 0 Å². The molecule has 4 rings (SSSR count). The highest BCUT2D eigenvalue weighted by molar-refractivity contribution is 9.10. The lowest BCUT2D eigenvalue weighted by atomic mass is 9.81. The molecule has 2 aromatic carbocycles. The van der Waals surface area contributed by atoms with E-state index in [0.717, 1.165) is 22.5 Å². The maximum absolute atomic E-state index is 13.5. The minimum atomic E-state index is -4.67. The highest BCUT2D eigenvalue weighted by Gasteiger charge is 2.41. The molecule has 0 radical (unpaired) electrons. The van der Waals surface area contributed by atoms with E-state index >= 15 is 0 Å². The topological polar surface area (TPSA) is 70.4 Å². The van der Waals surface area contributed by atoms with Gasteiger partial charge in [-0.15, -0.1) is 0 Å². The summed E-state index contributed by atoms with van der Waals surface area (Å²) >= 11 is 3.31. The van der Waals surface area contributed by atoms with Gasteiger partial charge in [0.1, 0.15) is 11.9 Å². The van der Waals surface area contributed by atoms with E-state index in [-0.39, 0.29) is 12.2 Å². The minimum absolute atomic E-state index is 0.120. The van der Waals surface area contributed by atoms with Crippen LogP contribution in [-0.2, 0) is 16.2 Å². The molecule has 5 nitrogen and oxygen atoms in total. The number of ether oxygens (including phenoxy) is 1. The smallest absolute Gasteiger partial charge is 0.416 e. The molecule has 0 saturated carbocycles. The lowest BCUT2D eigenvalue weighted by Gasteiger charge is -2.38. The maximum Gasteiger partial charge on any atom is 0.416 e. The van der Waals surface area contributed by atoms with E-state index in [4.69, 9.17) is 4.74 Å². The van der Waals surface area contributed by atoms with Crippen molar-refractivity contribution in [3.05, 3.63) is 64.7 Å². The molecular weight excluding hydrogens is 509 g/mol. The Balaban J connectivity index is 1.75. The highest BCUT2D eigenvalue weighted by atomic mass is 79.9. The first-order valence-corrected chi connectivity index (χ1v) is 12.0. The van der Waals surface area contributed by atoms with E-state index in [9.17, 15) is 26.9 Å². The summed E-state index contributed by atoms with van der Waals surface area (Å²) in [6.45, 7) is -0.120. The maximum atomic E-state index is 13.5. The average molecular weight is 527 g/mol. The molecule has 2 aliphatic rings. The first kappa shape index (κ1) is 22.7. The van der Waals surface area contributed by atoms with Crippen molar-refractivity contribution < 1.29 is 26.3 Å². The minimum Gasteiger partial charge on any atom is -0.486 e. The average Bonchev–Trinajstić information content (AvgIpc) is 3.22. The number of allylic oxidation sites excluding steroid dienone is 2. The first-order valence-electron chi connectivity index (χ1n) is 9.77. The Morgan fingerprint density at radius 3 is 2.56 bits per heavy atom. The Labute approximate surface area is 192 Å². The SMILES string of the molecule is N#CC1(CC2CN(S(=O)(=O)c3cccc(C(F)(F)F)c3)c3cc(Br)ccc3O2)CC=CC1. The van der Waals surface area contributed by atoms with Gasteiger partial charge in [0, 0.05) is 10.9 Å². The van der Waals surface area contributed by atoms with Crippen molar-refractivity contribution in [3.63, 3.8) is 0 Å². The van der Waals surface area contributed by atoms with Crippen LogP contribution in [0.1, 0.15) is 24.8 Å². The summed E-state index contributed by atoms with van der Waals surface area (Å²) in [6.07, 6.45) is -0.116. The Kier molecular flexibility index (Phi) is 5.75. The van der Waals surface area contributed by atoms with E-state index in [1.807, 2.05) is 12.2 Å². The van der Waals surface area contributed by atoms with Crippen LogP contribution in [0, 0.1) is 16.7 Å². The second-order valence-corrected chi connectivity index (χ2v) is 10.7. The molecule has 0 N–H and O–H groups in total. The summed E-state index contributed by atoms with van der Waals surface area (Å²) in [7, 11) is -4.33. The van der Waals surface area contributed by atoms with Gasteiger partial charge in [-0.2, -0.15) is 18.4 Å². The van der Waals surface area contributed by atoms with Gasteiger partial charge in [0.15, 0.2) is 0 Å². The fourth-order valence-electron chi connectivity index (χ4n) is 4.02. The number of hydrogen-bond acceptors (Lipinski definition) is 4. The number of halogens is 4. The Morgan fingerprint density at radius 1 is 1.19 bits per heavy atom. The lowest BCUT2D eigenvalue weighted by Crippen LogP contribution is -2.45. The van der Waals surface area contributed by atoms with E-state index < -0.39 is 38.2 Å². The third-order valence-electron chi connectivity index (χ3n) is 5.64. The zero-order valence-corrected chi connectivity index (χ0v) is 19.0. The molecule has 0 fully saturated rings. The van der Waals surface area contributed by atoms with Crippen LogP contribution in [0.4, 0.5) is 18.9 Å². The number of nitriles is 1. The van der Waals surface area contributed by atoms with Crippen LogP contribution in [-0.4, -0.2) is 21.1 Å². The van der Waals surface area contributed by atoms with Crippen LogP contribution in [0.25, 0.3) is 0 Å². The number of rotatable bonds is 4. The lowest BCUT2D eigenvalue weighted by molar-refractivity contribution is -0.137. The molecule has 10 heteroatoms. The normalized spacial score (nSPS) is 19.8. The molecule has 32 heavy (non-hydrogen) atoms. The van der Waals surface area contributed by atoms with Crippen molar-refractivity contribution in [2.24, 2.45) is 5.41 Å². The molecule has 0 spiro atoms. The molecule has 1 aliphatic carbocycles.